The minimum atomic E-state index is -0.912. The van der Waals surface area contributed by atoms with Gasteiger partial charge in [-0.2, -0.15) is 0 Å². The number of carbonyl (C=O) groups is 3. The molecule has 5 rings (SSSR count). The Morgan fingerprint density at radius 3 is 1.64 bits per heavy atom. The Hall–Kier alpha value is -5.55. The summed E-state index contributed by atoms with van der Waals surface area (Å²) in [4.78, 5) is 52.8. The summed E-state index contributed by atoms with van der Waals surface area (Å²) in [6.07, 6.45) is 6.08. The second-order valence-corrected chi connectivity index (χ2v) is 14.8. The van der Waals surface area contributed by atoms with Crippen LogP contribution in [0.3, 0.4) is 0 Å². The van der Waals surface area contributed by atoms with E-state index in [0.717, 1.165) is 61.2 Å². The fourth-order valence-corrected chi connectivity index (χ4v) is 7.49. The van der Waals surface area contributed by atoms with Crippen LogP contribution in [0, 0.1) is 0 Å². The summed E-state index contributed by atoms with van der Waals surface area (Å²) >= 11 is 0. The lowest BCUT2D eigenvalue weighted by Gasteiger charge is -2.43. The number of methoxy groups -OCH3 is 2. The number of amides is 5. The molecular formula is C47H62N6O5. The van der Waals surface area contributed by atoms with Crippen molar-refractivity contribution < 1.29 is 23.9 Å². The molecule has 0 bridgehead atoms. The molecule has 4 aromatic carbocycles. The van der Waals surface area contributed by atoms with Crippen LogP contribution in [0.15, 0.2) is 109 Å². The quantitative estimate of drug-likeness (QED) is 0.0902. The van der Waals surface area contributed by atoms with Crippen molar-refractivity contribution in [2.24, 2.45) is 0 Å². The van der Waals surface area contributed by atoms with E-state index in [1.54, 1.807) is 28.9 Å². The highest BCUT2D eigenvalue weighted by Crippen LogP contribution is 2.29. The number of anilines is 2. The maximum Gasteiger partial charge on any atom is 0.329 e. The summed E-state index contributed by atoms with van der Waals surface area (Å²) in [6, 6.07) is 33.5. The Bertz CT molecular complexity index is 1760. The average molecular weight is 791 g/mol. The summed E-state index contributed by atoms with van der Waals surface area (Å²) in [5.74, 6) is 1.28. The van der Waals surface area contributed by atoms with Crippen molar-refractivity contribution in [3.8, 4) is 11.5 Å². The van der Waals surface area contributed by atoms with Gasteiger partial charge in [-0.05, 0) is 49.2 Å². The van der Waals surface area contributed by atoms with E-state index in [4.69, 9.17) is 9.47 Å². The number of benzene rings is 4. The number of hydrogen-bond acceptors (Lipinski definition) is 6. The number of piperazine rings is 1. The largest absolute Gasteiger partial charge is 0.496 e. The standard InChI is InChI=1S/C47H62N6O5/c1-5-7-19-30-50(31-20-8-6-2)46(55)51-33-34-52(47(56)53(40-23-11-9-12-24-40)41-25-13-10-14-26-41)42(37-51)45(54)48-29-32-49(35-38-21-15-17-27-43(38)57-3)36-39-22-16-18-28-44(39)58-4/h9-18,21-28,42H,5-8,19-20,29-37H2,1-4H3,(H,48,54)/t42-/m0/s1. The minimum Gasteiger partial charge on any atom is -0.496 e. The van der Waals surface area contributed by atoms with Gasteiger partial charge in [-0.25, -0.2) is 9.59 Å². The summed E-state index contributed by atoms with van der Waals surface area (Å²) in [5, 5.41) is 3.18. The molecule has 1 aliphatic rings. The van der Waals surface area contributed by atoms with Crippen LogP contribution in [0.4, 0.5) is 21.0 Å². The van der Waals surface area contributed by atoms with Crippen LogP contribution >= 0.6 is 0 Å². The minimum absolute atomic E-state index is 0.0696. The number of hydrogen-bond donors (Lipinski definition) is 1. The smallest absolute Gasteiger partial charge is 0.329 e. The van der Waals surface area contributed by atoms with Crippen LogP contribution in [-0.2, 0) is 17.9 Å². The predicted molar refractivity (Wildman–Crippen MR) is 232 cm³/mol. The highest BCUT2D eigenvalue weighted by molar-refractivity contribution is 6.01. The van der Waals surface area contributed by atoms with Gasteiger partial charge in [-0.15, -0.1) is 0 Å². The molecule has 11 nitrogen and oxygen atoms in total. The van der Waals surface area contributed by atoms with Crippen molar-refractivity contribution in [1.29, 1.82) is 0 Å². The summed E-state index contributed by atoms with van der Waals surface area (Å²) < 4.78 is 11.4. The molecule has 0 radical (unpaired) electrons. The molecule has 0 saturated carbocycles. The third-order valence-corrected chi connectivity index (χ3v) is 10.7. The second-order valence-electron chi connectivity index (χ2n) is 14.8. The van der Waals surface area contributed by atoms with Gasteiger partial charge in [0.05, 0.1) is 32.1 Å². The van der Waals surface area contributed by atoms with E-state index in [9.17, 15) is 14.4 Å². The molecule has 0 spiro atoms. The molecule has 1 saturated heterocycles. The van der Waals surface area contributed by atoms with Crippen molar-refractivity contribution in [3.05, 3.63) is 120 Å². The summed E-state index contributed by atoms with van der Waals surface area (Å²) in [5.41, 5.74) is 3.43. The predicted octanol–water partition coefficient (Wildman–Crippen LogP) is 8.57. The first kappa shape index (κ1) is 43.6. The third kappa shape index (κ3) is 12.0. The molecule has 11 heteroatoms. The zero-order valence-electron chi connectivity index (χ0n) is 34.9. The number of carbonyl (C=O) groups excluding carboxylic acids is 3. The van der Waals surface area contributed by atoms with Crippen LogP contribution in [0.2, 0.25) is 0 Å². The second kappa shape index (κ2) is 23.0. The normalized spacial score (nSPS) is 13.9. The monoisotopic (exact) mass is 790 g/mol. The molecule has 4 aromatic rings. The first-order chi connectivity index (χ1) is 28.4. The van der Waals surface area contributed by atoms with Crippen molar-refractivity contribution in [1.82, 2.24) is 24.9 Å². The number of urea groups is 2. The Labute approximate surface area is 345 Å². The number of rotatable bonds is 20. The van der Waals surface area contributed by atoms with E-state index in [2.05, 4.69) is 24.1 Å². The highest BCUT2D eigenvalue weighted by Gasteiger charge is 2.40. The maximum atomic E-state index is 14.8. The molecular weight excluding hydrogens is 729 g/mol. The fraction of sp³-hybridized carbons (Fsp3) is 0.426. The highest BCUT2D eigenvalue weighted by atomic mass is 16.5. The van der Waals surface area contributed by atoms with Gasteiger partial charge in [0, 0.05) is 63.5 Å². The van der Waals surface area contributed by atoms with Crippen LogP contribution < -0.4 is 19.7 Å². The first-order valence-electron chi connectivity index (χ1n) is 20.9. The molecule has 0 unspecified atom stereocenters. The number of ether oxygens (including phenoxy) is 2. The van der Waals surface area contributed by atoms with Crippen LogP contribution in [0.5, 0.6) is 11.5 Å². The van der Waals surface area contributed by atoms with E-state index in [0.29, 0.717) is 57.2 Å². The van der Waals surface area contributed by atoms with Crippen molar-refractivity contribution in [2.75, 3.05) is 64.9 Å². The van der Waals surface area contributed by atoms with E-state index < -0.39 is 6.04 Å². The van der Waals surface area contributed by atoms with Gasteiger partial charge in [0.1, 0.15) is 17.5 Å². The van der Waals surface area contributed by atoms with Crippen molar-refractivity contribution >= 4 is 29.3 Å². The number of nitrogens with zero attached hydrogens (tertiary/aromatic N) is 5. The van der Waals surface area contributed by atoms with E-state index in [1.807, 2.05) is 114 Å². The molecule has 1 N–H and O–H groups in total. The molecule has 0 aromatic heterocycles. The Morgan fingerprint density at radius 1 is 0.638 bits per heavy atom. The Morgan fingerprint density at radius 2 is 1.14 bits per heavy atom. The molecule has 0 aliphatic carbocycles. The Kier molecular flexibility index (Phi) is 17.3. The lowest BCUT2D eigenvalue weighted by molar-refractivity contribution is -0.127. The molecule has 5 amide bonds. The van der Waals surface area contributed by atoms with Gasteiger partial charge in [-0.3, -0.25) is 14.6 Å². The first-order valence-corrected chi connectivity index (χ1v) is 20.9. The number of unbranched alkanes of at least 4 members (excludes halogenated alkanes) is 4. The average Bonchev–Trinajstić information content (AvgIpc) is 3.26. The van der Waals surface area contributed by atoms with E-state index >= 15 is 0 Å². The third-order valence-electron chi connectivity index (χ3n) is 10.7. The molecule has 58 heavy (non-hydrogen) atoms. The van der Waals surface area contributed by atoms with Crippen LogP contribution in [-0.4, -0.2) is 104 Å². The van der Waals surface area contributed by atoms with Crippen molar-refractivity contribution in [3.63, 3.8) is 0 Å². The number of nitrogens with one attached hydrogen (secondary N) is 1. The van der Waals surface area contributed by atoms with Gasteiger partial charge in [-0.1, -0.05) is 112 Å². The van der Waals surface area contributed by atoms with Gasteiger partial charge < -0.3 is 29.5 Å². The van der Waals surface area contributed by atoms with Crippen LogP contribution in [0.25, 0.3) is 0 Å². The molecule has 1 fully saturated rings. The van der Waals surface area contributed by atoms with Gasteiger partial charge in [0.25, 0.3) is 0 Å². The van der Waals surface area contributed by atoms with Gasteiger partial charge in [0.15, 0.2) is 0 Å². The molecule has 1 aliphatic heterocycles. The molecule has 310 valence electrons. The molecule has 1 heterocycles. The lowest BCUT2D eigenvalue weighted by Crippen LogP contribution is -2.64. The molecule has 1 atom stereocenters. The topological polar surface area (TPSA) is 97.9 Å². The fourth-order valence-electron chi connectivity index (χ4n) is 7.49. The summed E-state index contributed by atoms with van der Waals surface area (Å²) in [6.45, 7) is 8.28. The van der Waals surface area contributed by atoms with Gasteiger partial charge in [0.2, 0.25) is 5.91 Å². The number of para-hydroxylation sites is 4. The van der Waals surface area contributed by atoms with E-state index in [1.165, 1.54) is 0 Å². The van der Waals surface area contributed by atoms with Gasteiger partial charge >= 0.3 is 12.1 Å². The maximum absolute atomic E-state index is 14.8. The lowest BCUT2D eigenvalue weighted by atomic mass is 10.1. The Balaban J connectivity index is 1.40. The van der Waals surface area contributed by atoms with E-state index in [-0.39, 0.29) is 31.1 Å². The summed E-state index contributed by atoms with van der Waals surface area (Å²) in [7, 11) is 3.34. The SMILES string of the molecule is CCCCCN(CCCCC)C(=O)N1CCN(C(=O)N(c2ccccc2)c2ccccc2)[C@H](C(=O)NCCN(Cc2ccccc2OC)Cc2ccccc2OC)C1. The zero-order valence-corrected chi connectivity index (χ0v) is 34.9. The van der Waals surface area contributed by atoms with Crippen LogP contribution in [0.1, 0.15) is 63.5 Å². The zero-order chi connectivity index (χ0) is 41.1. The van der Waals surface area contributed by atoms with Crippen molar-refractivity contribution in [2.45, 2.75) is 71.5 Å².